The van der Waals surface area contributed by atoms with Gasteiger partial charge in [0.2, 0.25) is 0 Å². The summed E-state index contributed by atoms with van der Waals surface area (Å²) < 4.78 is 6.90. The van der Waals surface area contributed by atoms with Gasteiger partial charge in [-0.2, -0.15) is 0 Å². The number of ether oxygens (including phenoxy) is 1. The lowest BCUT2D eigenvalue weighted by atomic mass is 10.2. The summed E-state index contributed by atoms with van der Waals surface area (Å²) in [4.78, 5) is 12.3. The van der Waals surface area contributed by atoms with Gasteiger partial charge in [-0.25, -0.2) is 0 Å². The highest BCUT2D eigenvalue weighted by atomic mass is 35.5. The summed E-state index contributed by atoms with van der Waals surface area (Å²) >= 11 is 5.92. The van der Waals surface area contributed by atoms with Gasteiger partial charge in [0.1, 0.15) is 5.75 Å². The van der Waals surface area contributed by atoms with Crippen molar-refractivity contribution >= 4 is 17.5 Å². The minimum atomic E-state index is -0.262. The number of aryl methyl sites for hydroxylation is 2. The topological polar surface area (TPSA) is 43.3 Å². The third kappa shape index (κ3) is 2.74. The Labute approximate surface area is 116 Å². The lowest BCUT2D eigenvalue weighted by Crippen LogP contribution is -2.25. The fourth-order valence-electron chi connectivity index (χ4n) is 1.86. The first kappa shape index (κ1) is 13.5. The van der Waals surface area contributed by atoms with Crippen LogP contribution in [-0.4, -0.2) is 17.7 Å². The molecule has 0 fully saturated rings. The van der Waals surface area contributed by atoms with Crippen molar-refractivity contribution in [1.82, 2.24) is 4.68 Å². The number of nitrogens with one attached hydrogen (secondary N) is 1. The Kier molecular flexibility index (Phi) is 3.81. The Hall–Kier alpha value is -1.94. The predicted octanol–water partition coefficient (Wildman–Crippen LogP) is 3.15. The second-order valence-electron chi connectivity index (χ2n) is 4.24. The molecule has 19 heavy (non-hydrogen) atoms. The largest absolute Gasteiger partial charge is 0.496 e. The molecule has 0 aliphatic heterocycles. The molecule has 100 valence electrons. The van der Waals surface area contributed by atoms with E-state index in [9.17, 15) is 4.79 Å². The number of hydrogen-bond acceptors (Lipinski definition) is 2. The van der Waals surface area contributed by atoms with Gasteiger partial charge in [-0.15, -0.1) is 0 Å². The van der Waals surface area contributed by atoms with E-state index < -0.39 is 0 Å². The fourth-order valence-corrected chi connectivity index (χ4v) is 2.04. The summed E-state index contributed by atoms with van der Waals surface area (Å²) in [6.07, 6.45) is 0. The van der Waals surface area contributed by atoms with Crippen LogP contribution in [0, 0.1) is 13.8 Å². The summed E-state index contributed by atoms with van der Waals surface area (Å²) in [6, 6.07) is 8.81. The van der Waals surface area contributed by atoms with Gasteiger partial charge in [0.25, 0.3) is 5.91 Å². The van der Waals surface area contributed by atoms with Crippen LogP contribution in [0.15, 0.2) is 30.3 Å². The van der Waals surface area contributed by atoms with Gasteiger partial charge in [0.05, 0.1) is 12.7 Å². The van der Waals surface area contributed by atoms with Crippen LogP contribution < -0.4 is 10.2 Å². The highest BCUT2D eigenvalue weighted by Crippen LogP contribution is 2.22. The van der Waals surface area contributed by atoms with Crippen LogP contribution >= 0.6 is 11.6 Å². The fraction of sp³-hybridized carbons (Fsp3) is 0.214. The number of carbonyl (C=O) groups excluding carboxylic acids is 1. The summed E-state index contributed by atoms with van der Waals surface area (Å²) in [5.41, 5.74) is 5.12. The molecule has 0 atom stereocenters. The third-order valence-corrected chi connectivity index (χ3v) is 3.13. The molecule has 2 aromatic rings. The van der Waals surface area contributed by atoms with Crippen molar-refractivity contribution < 1.29 is 9.53 Å². The molecule has 1 amide bonds. The third-order valence-electron chi connectivity index (χ3n) is 2.89. The van der Waals surface area contributed by atoms with Crippen LogP contribution in [0.5, 0.6) is 5.75 Å². The molecule has 5 heteroatoms. The second-order valence-corrected chi connectivity index (χ2v) is 4.67. The van der Waals surface area contributed by atoms with Gasteiger partial charge in [-0.1, -0.05) is 11.6 Å². The van der Waals surface area contributed by atoms with E-state index in [4.69, 9.17) is 16.3 Å². The molecule has 0 spiro atoms. The van der Waals surface area contributed by atoms with Gasteiger partial charge in [0.15, 0.2) is 0 Å². The summed E-state index contributed by atoms with van der Waals surface area (Å²) in [6.45, 7) is 3.84. The van der Waals surface area contributed by atoms with E-state index in [1.807, 2.05) is 26.0 Å². The first-order valence-corrected chi connectivity index (χ1v) is 6.20. The van der Waals surface area contributed by atoms with E-state index in [-0.39, 0.29) is 5.91 Å². The number of aromatic nitrogens is 1. The molecule has 1 N–H and O–H groups in total. The second kappa shape index (κ2) is 5.36. The van der Waals surface area contributed by atoms with Crippen LogP contribution in [0.3, 0.4) is 0 Å². The van der Waals surface area contributed by atoms with Crippen molar-refractivity contribution in [1.29, 1.82) is 0 Å². The van der Waals surface area contributed by atoms with Gasteiger partial charge < -0.3 is 4.74 Å². The van der Waals surface area contributed by atoms with Crippen LogP contribution in [0.25, 0.3) is 0 Å². The number of rotatable bonds is 3. The lowest BCUT2D eigenvalue weighted by molar-refractivity contribution is 0.100. The quantitative estimate of drug-likeness (QED) is 0.937. The molecule has 1 aromatic heterocycles. The Morgan fingerprint density at radius 2 is 1.84 bits per heavy atom. The predicted molar refractivity (Wildman–Crippen MR) is 75.6 cm³/mol. The Balaban J connectivity index is 2.32. The molecule has 4 nitrogen and oxygen atoms in total. The summed E-state index contributed by atoms with van der Waals surface area (Å²) in [7, 11) is 1.52. The Morgan fingerprint density at radius 3 is 2.42 bits per heavy atom. The van der Waals surface area contributed by atoms with Gasteiger partial charge in [0, 0.05) is 16.4 Å². The molecule has 0 bridgehead atoms. The molecule has 1 heterocycles. The number of amides is 1. The number of benzene rings is 1. The monoisotopic (exact) mass is 278 g/mol. The number of hydrogen-bond donors (Lipinski definition) is 1. The minimum absolute atomic E-state index is 0.262. The Morgan fingerprint density at radius 1 is 1.21 bits per heavy atom. The SMILES string of the molecule is COc1ccc(Cl)cc1C(=O)Nn1c(C)ccc1C. The zero-order valence-electron chi connectivity index (χ0n) is 11.0. The average Bonchev–Trinajstić information content (AvgIpc) is 2.70. The smallest absolute Gasteiger partial charge is 0.273 e. The first-order valence-electron chi connectivity index (χ1n) is 5.83. The standard InChI is InChI=1S/C14H15ClN2O2/c1-9-4-5-10(2)17(9)16-14(18)12-8-11(15)6-7-13(12)19-3/h4-8H,1-3H3,(H,16,18). The molecule has 0 unspecified atom stereocenters. The molecule has 0 saturated carbocycles. The van der Waals surface area contributed by atoms with Gasteiger partial charge >= 0.3 is 0 Å². The van der Waals surface area contributed by atoms with Crippen molar-refractivity contribution in [3.05, 3.63) is 52.3 Å². The molecule has 0 radical (unpaired) electrons. The zero-order chi connectivity index (χ0) is 14.0. The van der Waals surface area contributed by atoms with Crippen molar-refractivity contribution in [2.24, 2.45) is 0 Å². The minimum Gasteiger partial charge on any atom is -0.496 e. The van der Waals surface area contributed by atoms with Crippen molar-refractivity contribution in [3.63, 3.8) is 0 Å². The van der Waals surface area contributed by atoms with E-state index in [1.54, 1.807) is 22.9 Å². The van der Waals surface area contributed by atoms with Crippen LogP contribution in [0.4, 0.5) is 0 Å². The van der Waals surface area contributed by atoms with E-state index in [0.717, 1.165) is 11.4 Å². The molecule has 1 aromatic carbocycles. The van der Waals surface area contributed by atoms with Crippen molar-refractivity contribution in [2.75, 3.05) is 12.5 Å². The maximum Gasteiger partial charge on any atom is 0.273 e. The number of nitrogens with zero attached hydrogens (tertiary/aromatic N) is 1. The van der Waals surface area contributed by atoms with Crippen LogP contribution in [0.2, 0.25) is 5.02 Å². The van der Waals surface area contributed by atoms with Crippen molar-refractivity contribution in [2.45, 2.75) is 13.8 Å². The number of carbonyl (C=O) groups is 1. The van der Waals surface area contributed by atoms with Crippen LogP contribution in [0.1, 0.15) is 21.7 Å². The molecule has 0 aliphatic rings. The first-order chi connectivity index (χ1) is 9.02. The maximum atomic E-state index is 12.3. The Bertz CT molecular complexity index is 600. The van der Waals surface area contributed by atoms with E-state index in [1.165, 1.54) is 7.11 Å². The van der Waals surface area contributed by atoms with E-state index in [2.05, 4.69) is 5.43 Å². The highest BCUT2D eigenvalue weighted by Gasteiger charge is 2.14. The zero-order valence-corrected chi connectivity index (χ0v) is 11.8. The van der Waals surface area contributed by atoms with Gasteiger partial charge in [-0.3, -0.25) is 14.9 Å². The molecule has 2 rings (SSSR count). The average molecular weight is 279 g/mol. The molecule has 0 aliphatic carbocycles. The number of methoxy groups -OCH3 is 1. The molecule has 0 saturated heterocycles. The van der Waals surface area contributed by atoms with Gasteiger partial charge in [-0.05, 0) is 44.2 Å². The molecular formula is C14H15ClN2O2. The molecular weight excluding hydrogens is 264 g/mol. The normalized spacial score (nSPS) is 10.3. The highest BCUT2D eigenvalue weighted by molar-refractivity contribution is 6.31. The van der Waals surface area contributed by atoms with Crippen LogP contribution in [-0.2, 0) is 0 Å². The number of halogens is 1. The van der Waals surface area contributed by atoms with E-state index >= 15 is 0 Å². The summed E-state index contributed by atoms with van der Waals surface area (Å²) in [5, 5.41) is 0.493. The summed E-state index contributed by atoms with van der Waals surface area (Å²) in [5.74, 6) is 0.228. The lowest BCUT2D eigenvalue weighted by Gasteiger charge is -2.13. The van der Waals surface area contributed by atoms with E-state index in [0.29, 0.717) is 16.3 Å². The maximum absolute atomic E-state index is 12.3. The van der Waals surface area contributed by atoms with Crippen molar-refractivity contribution in [3.8, 4) is 5.75 Å².